The third-order valence-electron chi connectivity index (χ3n) is 6.26. The zero-order valence-corrected chi connectivity index (χ0v) is 20.3. The van der Waals surface area contributed by atoms with Crippen molar-refractivity contribution in [2.45, 2.75) is 37.6 Å². The van der Waals surface area contributed by atoms with Crippen LogP contribution in [0.1, 0.15) is 40.5 Å². The molecule has 0 saturated carbocycles. The summed E-state index contributed by atoms with van der Waals surface area (Å²) in [5.74, 6) is -0.715. The second-order valence-electron chi connectivity index (χ2n) is 8.43. The molecule has 1 atom stereocenters. The number of nitrogens with zero attached hydrogens (tertiary/aromatic N) is 1. The van der Waals surface area contributed by atoms with Gasteiger partial charge < -0.3 is 5.32 Å². The van der Waals surface area contributed by atoms with E-state index in [0.717, 1.165) is 21.6 Å². The molecule has 1 fully saturated rings. The van der Waals surface area contributed by atoms with Gasteiger partial charge in [-0.3, -0.25) is 4.79 Å². The van der Waals surface area contributed by atoms with E-state index in [9.17, 15) is 17.6 Å². The number of hydrogen-bond donors (Lipinski definition) is 1. The van der Waals surface area contributed by atoms with Gasteiger partial charge in [-0.05, 0) is 79.1 Å². The summed E-state index contributed by atoms with van der Waals surface area (Å²) in [6.45, 7) is 4.45. The van der Waals surface area contributed by atoms with Gasteiger partial charge >= 0.3 is 0 Å². The van der Waals surface area contributed by atoms with Gasteiger partial charge in [0.1, 0.15) is 5.82 Å². The van der Waals surface area contributed by atoms with E-state index in [0.29, 0.717) is 30.8 Å². The molecule has 1 N–H and O–H groups in total. The van der Waals surface area contributed by atoms with Gasteiger partial charge in [0, 0.05) is 23.9 Å². The fourth-order valence-electron chi connectivity index (χ4n) is 4.07. The van der Waals surface area contributed by atoms with Crippen molar-refractivity contribution in [2.24, 2.45) is 5.92 Å². The zero-order chi connectivity index (χ0) is 23.6. The smallest absolute Gasteiger partial charge is 0.243 e. The lowest BCUT2D eigenvalue weighted by Crippen LogP contribution is -2.43. The minimum Gasteiger partial charge on any atom is -0.344 e. The van der Waals surface area contributed by atoms with Gasteiger partial charge in [0.05, 0.1) is 10.9 Å². The van der Waals surface area contributed by atoms with Crippen LogP contribution in [0.15, 0.2) is 64.9 Å². The first-order valence-electron chi connectivity index (χ1n) is 10.9. The molecule has 0 aliphatic carbocycles. The lowest BCUT2D eigenvalue weighted by atomic mass is 9.96. The molecule has 3 aromatic rings. The van der Waals surface area contributed by atoms with Crippen molar-refractivity contribution in [1.29, 1.82) is 0 Å². The molecule has 0 spiro atoms. The Kier molecular flexibility index (Phi) is 6.97. The van der Waals surface area contributed by atoms with Gasteiger partial charge in [0.2, 0.25) is 15.9 Å². The molecular formula is C25H27FN2O3S2. The highest BCUT2D eigenvalue weighted by atomic mass is 32.2. The van der Waals surface area contributed by atoms with Crippen molar-refractivity contribution in [1.82, 2.24) is 9.62 Å². The first-order chi connectivity index (χ1) is 15.8. The standard InChI is InChI=1S/C25H27FN2O3S2/c1-17-5-10-22(16-18(17)2)33(30,31)28-13-11-20(12-14-28)25(29)27-24(23-4-3-15-32-23)19-6-8-21(26)9-7-19/h3-10,15-16,20,24H,11-14H2,1-2H3,(H,27,29)/t24-/m1/s1. The number of benzene rings is 2. The molecule has 4 rings (SSSR count). The van der Waals surface area contributed by atoms with Gasteiger partial charge in [0.25, 0.3) is 0 Å². The maximum Gasteiger partial charge on any atom is 0.243 e. The van der Waals surface area contributed by atoms with Crippen LogP contribution in [0.2, 0.25) is 0 Å². The molecule has 1 aliphatic heterocycles. The molecule has 8 heteroatoms. The molecule has 1 amide bonds. The lowest BCUT2D eigenvalue weighted by molar-refractivity contribution is -0.126. The first-order valence-corrected chi connectivity index (χ1v) is 13.2. The zero-order valence-electron chi connectivity index (χ0n) is 18.6. The summed E-state index contributed by atoms with van der Waals surface area (Å²) < 4.78 is 41.0. The Labute approximate surface area is 198 Å². The maximum absolute atomic E-state index is 13.4. The molecule has 0 bridgehead atoms. The van der Waals surface area contributed by atoms with Gasteiger partial charge in [-0.1, -0.05) is 24.3 Å². The Balaban J connectivity index is 1.44. The number of carbonyl (C=O) groups is 1. The molecule has 2 aromatic carbocycles. The van der Waals surface area contributed by atoms with Crippen LogP contribution < -0.4 is 5.32 Å². The number of amides is 1. The molecular weight excluding hydrogens is 459 g/mol. The SMILES string of the molecule is Cc1ccc(S(=O)(=O)N2CCC(C(=O)N[C@H](c3ccc(F)cc3)c3cccs3)CC2)cc1C. The van der Waals surface area contributed by atoms with Crippen molar-refractivity contribution < 1.29 is 17.6 Å². The Morgan fingerprint density at radius 1 is 1.06 bits per heavy atom. The molecule has 33 heavy (non-hydrogen) atoms. The fourth-order valence-corrected chi connectivity index (χ4v) is 6.43. The van der Waals surface area contributed by atoms with E-state index in [1.165, 1.54) is 27.8 Å². The van der Waals surface area contributed by atoms with E-state index in [-0.39, 0.29) is 23.7 Å². The molecule has 5 nitrogen and oxygen atoms in total. The largest absolute Gasteiger partial charge is 0.344 e. The van der Waals surface area contributed by atoms with Crippen molar-refractivity contribution >= 4 is 27.3 Å². The van der Waals surface area contributed by atoms with Crippen LogP contribution in [-0.2, 0) is 14.8 Å². The summed E-state index contributed by atoms with van der Waals surface area (Å²) in [6, 6.07) is 14.8. The second kappa shape index (κ2) is 9.75. The maximum atomic E-state index is 13.4. The normalized spacial score (nSPS) is 16.5. The molecule has 0 unspecified atom stereocenters. The summed E-state index contributed by atoms with van der Waals surface area (Å²) in [4.78, 5) is 14.4. The van der Waals surface area contributed by atoms with Gasteiger partial charge in [-0.15, -0.1) is 11.3 Å². The first kappa shape index (κ1) is 23.6. The van der Waals surface area contributed by atoms with Gasteiger partial charge in [-0.2, -0.15) is 4.31 Å². The van der Waals surface area contributed by atoms with E-state index in [1.54, 1.807) is 24.3 Å². The third kappa shape index (κ3) is 5.18. The highest BCUT2D eigenvalue weighted by Crippen LogP contribution is 2.29. The molecule has 1 saturated heterocycles. The number of sulfonamides is 1. The Morgan fingerprint density at radius 2 is 1.76 bits per heavy atom. The predicted molar refractivity (Wildman–Crippen MR) is 128 cm³/mol. The highest BCUT2D eigenvalue weighted by molar-refractivity contribution is 7.89. The average molecular weight is 487 g/mol. The molecule has 2 heterocycles. The van der Waals surface area contributed by atoms with Crippen LogP contribution >= 0.6 is 11.3 Å². The van der Waals surface area contributed by atoms with Gasteiger partial charge in [-0.25, -0.2) is 12.8 Å². The quantitative estimate of drug-likeness (QED) is 0.544. The number of hydrogen-bond acceptors (Lipinski definition) is 4. The minimum atomic E-state index is -3.59. The molecule has 0 radical (unpaired) electrons. The number of halogens is 1. The predicted octanol–water partition coefficient (Wildman–Crippen LogP) is 4.81. The summed E-state index contributed by atoms with van der Waals surface area (Å²) in [5.41, 5.74) is 2.79. The number of rotatable bonds is 6. The molecule has 1 aliphatic rings. The van der Waals surface area contributed by atoms with Crippen LogP contribution in [0.25, 0.3) is 0 Å². The van der Waals surface area contributed by atoms with Crippen molar-refractivity contribution in [3.63, 3.8) is 0 Å². The van der Waals surface area contributed by atoms with Crippen LogP contribution in [0.3, 0.4) is 0 Å². The summed E-state index contributed by atoms with van der Waals surface area (Å²) in [5, 5.41) is 5.04. The van der Waals surface area contributed by atoms with E-state index in [2.05, 4.69) is 5.32 Å². The van der Waals surface area contributed by atoms with E-state index < -0.39 is 10.0 Å². The average Bonchev–Trinajstić information content (AvgIpc) is 3.34. The van der Waals surface area contributed by atoms with Gasteiger partial charge in [0.15, 0.2) is 0 Å². The monoisotopic (exact) mass is 486 g/mol. The van der Waals surface area contributed by atoms with E-state index in [1.807, 2.05) is 37.4 Å². The lowest BCUT2D eigenvalue weighted by Gasteiger charge is -2.31. The topological polar surface area (TPSA) is 66.5 Å². The second-order valence-corrected chi connectivity index (χ2v) is 11.4. The van der Waals surface area contributed by atoms with Crippen LogP contribution in [-0.4, -0.2) is 31.7 Å². The summed E-state index contributed by atoms with van der Waals surface area (Å²) >= 11 is 1.53. The fraction of sp³-hybridized carbons (Fsp3) is 0.320. The van der Waals surface area contributed by atoms with Crippen molar-refractivity contribution in [2.75, 3.05) is 13.1 Å². The number of nitrogens with one attached hydrogen (secondary N) is 1. The number of carbonyl (C=O) groups excluding carboxylic acids is 1. The minimum absolute atomic E-state index is 0.110. The van der Waals surface area contributed by atoms with Crippen LogP contribution in [0.5, 0.6) is 0 Å². The third-order valence-corrected chi connectivity index (χ3v) is 9.09. The number of piperidine rings is 1. The summed E-state index contributed by atoms with van der Waals surface area (Å²) in [7, 11) is -3.59. The molecule has 1 aromatic heterocycles. The Bertz CT molecular complexity index is 1220. The van der Waals surface area contributed by atoms with E-state index in [4.69, 9.17) is 0 Å². The Hall–Kier alpha value is -2.55. The van der Waals surface area contributed by atoms with Crippen LogP contribution in [0.4, 0.5) is 4.39 Å². The van der Waals surface area contributed by atoms with Crippen LogP contribution in [0, 0.1) is 25.6 Å². The summed E-state index contributed by atoms with van der Waals surface area (Å²) in [6.07, 6.45) is 0.910. The van der Waals surface area contributed by atoms with E-state index >= 15 is 0 Å². The highest BCUT2D eigenvalue weighted by Gasteiger charge is 2.33. The number of aryl methyl sites for hydroxylation is 2. The van der Waals surface area contributed by atoms with Crippen molar-refractivity contribution in [3.8, 4) is 0 Å². The molecule has 174 valence electrons. The number of thiophene rings is 1. The van der Waals surface area contributed by atoms with Crippen molar-refractivity contribution in [3.05, 3.63) is 87.4 Å². The Morgan fingerprint density at radius 3 is 2.36 bits per heavy atom.